The number of nitrogens with zero attached hydrogens (tertiary/aromatic N) is 1. The number of amides is 1. The topological polar surface area (TPSA) is 78.5 Å². The number of anilines is 3. The van der Waals surface area contributed by atoms with Gasteiger partial charge < -0.3 is 10.2 Å². The fraction of sp³-hybridized carbons (Fsp3) is 0.240. The third kappa shape index (κ3) is 5.68. The van der Waals surface area contributed by atoms with Crippen molar-refractivity contribution in [1.82, 2.24) is 0 Å². The number of para-hydroxylation sites is 1. The Bertz CT molecular complexity index is 1160. The summed E-state index contributed by atoms with van der Waals surface area (Å²) < 4.78 is 27.6. The molecule has 6 nitrogen and oxygen atoms in total. The van der Waals surface area contributed by atoms with Crippen LogP contribution in [0.5, 0.6) is 0 Å². The second-order valence-corrected chi connectivity index (χ2v) is 9.64. The minimum Gasteiger partial charge on any atom is -0.372 e. The van der Waals surface area contributed by atoms with Gasteiger partial charge in [-0.2, -0.15) is 0 Å². The number of carbonyl (C=O) groups excluding carboxylic acids is 1. The van der Waals surface area contributed by atoms with Crippen molar-refractivity contribution in [2.75, 3.05) is 33.8 Å². The average Bonchev–Trinajstić information content (AvgIpc) is 2.80. The Morgan fingerprint density at radius 3 is 2.19 bits per heavy atom. The lowest BCUT2D eigenvalue weighted by Gasteiger charge is -2.28. The van der Waals surface area contributed by atoms with Gasteiger partial charge in [0.1, 0.15) is 5.75 Å². The Morgan fingerprint density at radius 2 is 1.47 bits per heavy atom. The highest BCUT2D eigenvalue weighted by atomic mass is 32.2. The zero-order valence-corrected chi connectivity index (χ0v) is 18.6. The molecule has 0 unspecified atom stereocenters. The summed E-state index contributed by atoms with van der Waals surface area (Å²) in [5.74, 6) is -1.25. The van der Waals surface area contributed by atoms with Crippen molar-refractivity contribution in [3.63, 3.8) is 0 Å². The van der Waals surface area contributed by atoms with Gasteiger partial charge in [-0.05, 0) is 55.2 Å². The minimum absolute atomic E-state index is 0.447. The maximum Gasteiger partial charge on any atom is 0.241 e. The number of sulfonamides is 1. The lowest BCUT2D eigenvalue weighted by atomic mass is 10.0. The molecule has 4 rings (SSSR count). The van der Waals surface area contributed by atoms with Crippen molar-refractivity contribution in [3.05, 3.63) is 78.9 Å². The molecule has 2 N–H and O–H groups in total. The monoisotopic (exact) mass is 449 g/mol. The van der Waals surface area contributed by atoms with E-state index in [1.807, 2.05) is 54.6 Å². The van der Waals surface area contributed by atoms with Crippen LogP contribution in [0, 0.1) is 0 Å². The lowest BCUT2D eigenvalue weighted by molar-refractivity contribution is -0.113. The van der Waals surface area contributed by atoms with Crippen LogP contribution in [0.3, 0.4) is 0 Å². The van der Waals surface area contributed by atoms with Crippen molar-refractivity contribution in [3.8, 4) is 11.1 Å². The molecule has 32 heavy (non-hydrogen) atoms. The van der Waals surface area contributed by atoms with Crippen LogP contribution >= 0.6 is 0 Å². The van der Waals surface area contributed by atoms with E-state index < -0.39 is 21.7 Å². The maximum atomic E-state index is 12.6. The van der Waals surface area contributed by atoms with Gasteiger partial charge in [-0.15, -0.1) is 0 Å². The SMILES string of the molecule is O=C(CS(=O)(=O)Nc1ccc(N2CCCCC2)cc1)Nc1ccccc1-c1ccccc1. The first-order valence-corrected chi connectivity index (χ1v) is 12.5. The normalized spacial score (nSPS) is 14.1. The predicted molar refractivity (Wildman–Crippen MR) is 130 cm³/mol. The molecule has 166 valence electrons. The van der Waals surface area contributed by atoms with E-state index in [9.17, 15) is 13.2 Å². The summed E-state index contributed by atoms with van der Waals surface area (Å²) in [6.45, 7) is 2.05. The van der Waals surface area contributed by atoms with E-state index in [0.29, 0.717) is 11.4 Å². The zero-order valence-electron chi connectivity index (χ0n) is 17.8. The predicted octanol–water partition coefficient (Wildman–Crippen LogP) is 4.72. The third-order valence-electron chi connectivity index (χ3n) is 5.47. The standard InChI is InChI=1S/C25H27N3O3S/c29-25(26-24-12-6-5-11-23(24)20-9-3-1-4-10-20)19-32(30,31)27-21-13-15-22(16-14-21)28-17-7-2-8-18-28/h1,3-6,9-16,27H,2,7-8,17-19H2,(H,26,29). The molecule has 1 fully saturated rings. The van der Waals surface area contributed by atoms with Gasteiger partial charge in [0.15, 0.2) is 0 Å². The van der Waals surface area contributed by atoms with E-state index in [1.165, 1.54) is 19.3 Å². The third-order valence-corrected chi connectivity index (χ3v) is 6.66. The molecule has 1 heterocycles. The largest absolute Gasteiger partial charge is 0.372 e. The van der Waals surface area contributed by atoms with E-state index in [0.717, 1.165) is 29.9 Å². The van der Waals surface area contributed by atoms with Crippen LogP contribution in [0.1, 0.15) is 19.3 Å². The summed E-state index contributed by atoms with van der Waals surface area (Å²) in [6, 6.07) is 24.3. The molecule has 1 aliphatic rings. The summed E-state index contributed by atoms with van der Waals surface area (Å²) in [5.41, 5.74) is 3.88. The molecular weight excluding hydrogens is 422 g/mol. The van der Waals surface area contributed by atoms with E-state index in [-0.39, 0.29) is 0 Å². The summed E-state index contributed by atoms with van der Waals surface area (Å²) in [5, 5.41) is 2.74. The van der Waals surface area contributed by atoms with E-state index in [2.05, 4.69) is 14.9 Å². The summed E-state index contributed by atoms with van der Waals surface area (Å²) >= 11 is 0. The van der Waals surface area contributed by atoms with Gasteiger partial charge in [-0.1, -0.05) is 48.5 Å². The smallest absolute Gasteiger partial charge is 0.241 e. The van der Waals surface area contributed by atoms with E-state index in [4.69, 9.17) is 0 Å². The van der Waals surface area contributed by atoms with Crippen molar-refractivity contribution < 1.29 is 13.2 Å². The molecule has 1 saturated heterocycles. The van der Waals surface area contributed by atoms with Gasteiger partial charge in [-0.25, -0.2) is 8.42 Å². The average molecular weight is 450 g/mol. The van der Waals surface area contributed by atoms with Gasteiger partial charge in [-0.3, -0.25) is 9.52 Å². The molecule has 1 amide bonds. The molecule has 0 radical (unpaired) electrons. The van der Waals surface area contributed by atoms with Crippen molar-refractivity contribution >= 4 is 33.0 Å². The Morgan fingerprint density at radius 1 is 0.812 bits per heavy atom. The highest BCUT2D eigenvalue weighted by molar-refractivity contribution is 7.93. The molecule has 3 aromatic rings. The quantitative estimate of drug-likeness (QED) is 0.547. The highest BCUT2D eigenvalue weighted by Crippen LogP contribution is 2.27. The number of hydrogen-bond acceptors (Lipinski definition) is 4. The molecule has 0 aliphatic carbocycles. The van der Waals surface area contributed by atoms with Gasteiger partial charge in [0.2, 0.25) is 15.9 Å². The fourth-order valence-corrected chi connectivity index (χ4v) is 4.91. The molecule has 0 atom stereocenters. The van der Waals surface area contributed by atoms with Crippen molar-refractivity contribution in [2.24, 2.45) is 0 Å². The summed E-state index contributed by atoms with van der Waals surface area (Å²) in [4.78, 5) is 14.8. The number of piperidine rings is 1. The van der Waals surface area contributed by atoms with Crippen LogP contribution in [0.4, 0.5) is 17.1 Å². The molecule has 7 heteroatoms. The number of carbonyl (C=O) groups is 1. The Kier molecular flexibility index (Phi) is 6.75. The first-order chi connectivity index (χ1) is 15.5. The van der Waals surface area contributed by atoms with E-state index >= 15 is 0 Å². The van der Waals surface area contributed by atoms with Crippen LogP contribution in [-0.2, 0) is 14.8 Å². The van der Waals surface area contributed by atoms with Gasteiger partial charge in [0, 0.05) is 35.7 Å². The molecule has 0 spiro atoms. The molecule has 3 aromatic carbocycles. The van der Waals surface area contributed by atoms with Gasteiger partial charge in [0.25, 0.3) is 0 Å². The number of nitrogens with one attached hydrogen (secondary N) is 2. The fourth-order valence-electron chi connectivity index (χ4n) is 3.93. The first kappa shape index (κ1) is 21.9. The second kappa shape index (κ2) is 9.87. The number of benzene rings is 3. The molecule has 0 aromatic heterocycles. The Hall–Kier alpha value is -3.32. The minimum atomic E-state index is -3.84. The summed E-state index contributed by atoms with van der Waals surface area (Å²) in [7, 11) is -3.84. The Balaban J connectivity index is 1.39. The second-order valence-electron chi connectivity index (χ2n) is 7.92. The van der Waals surface area contributed by atoms with Gasteiger partial charge >= 0.3 is 0 Å². The van der Waals surface area contributed by atoms with Crippen LogP contribution in [0.15, 0.2) is 78.9 Å². The maximum absolute atomic E-state index is 12.6. The number of hydrogen-bond donors (Lipinski definition) is 2. The first-order valence-electron chi connectivity index (χ1n) is 10.8. The van der Waals surface area contributed by atoms with E-state index in [1.54, 1.807) is 24.3 Å². The number of rotatable bonds is 7. The molecule has 1 aliphatic heterocycles. The van der Waals surface area contributed by atoms with Crippen LogP contribution in [0.25, 0.3) is 11.1 Å². The molecular formula is C25H27N3O3S. The van der Waals surface area contributed by atoms with Crippen molar-refractivity contribution in [2.45, 2.75) is 19.3 Å². The zero-order chi connectivity index (χ0) is 22.4. The highest BCUT2D eigenvalue weighted by Gasteiger charge is 2.18. The Labute approximate surface area is 189 Å². The summed E-state index contributed by atoms with van der Waals surface area (Å²) in [6.07, 6.45) is 3.61. The van der Waals surface area contributed by atoms with Crippen LogP contribution in [-0.4, -0.2) is 33.2 Å². The van der Waals surface area contributed by atoms with Crippen LogP contribution < -0.4 is 14.9 Å². The molecule has 0 saturated carbocycles. The van der Waals surface area contributed by atoms with Gasteiger partial charge in [0.05, 0.1) is 0 Å². The molecule has 0 bridgehead atoms. The van der Waals surface area contributed by atoms with Crippen LogP contribution in [0.2, 0.25) is 0 Å². The van der Waals surface area contributed by atoms with Crippen molar-refractivity contribution in [1.29, 1.82) is 0 Å². The lowest BCUT2D eigenvalue weighted by Crippen LogP contribution is -2.29.